The largest absolute Gasteiger partial charge is 0.309 e. The predicted molar refractivity (Wildman–Crippen MR) is 57.0 cm³/mol. The van der Waals surface area contributed by atoms with E-state index in [-0.39, 0.29) is 0 Å². The Balaban J connectivity index is 2.22. The lowest BCUT2D eigenvalue weighted by atomic mass is 10.7. The molecule has 2 aromatic heterocycles. The second kappa shape index (κ2) is 3.88. The van der Waals surface area contributed by atoms with Gasteiger partial charge in [-0.3, -0.25) is 0 Å². The van der Waals surface area contributed by atoms with Crippen LogP contribution < -0.4 is 0 Å². The summed E-state index contributed by atoms with van der Waals surface area (Å²) >= 11 is 8.68. The highest BCUT2D eigenvalue weighted by atomic mass is 35.5. The van der Waals surface area contributed by atoms with Crippen molar-refractivity contribution < 1.29 is 0 Å². The van der Waals surface area contributed by atoms with Gasteiger partial charge in [-0.25, -0.2) is 4.98 Å². The Labute approximate surface area is 94.3 Å². The van der Waals surface area contributed by atoms with E-state index in [0.29, 0.717) is 4.34 Å². The maximum Gasteiger partial charge on any atom is 0.198 e. The normalized spacial score (nSPS) is 10.8. The van der Waals surface area contributed by atoms with E-state index >= 15 is 0 Å². The van der Waals surface area contributed by atoms with Gasteiger partial charge in [-0.1, -0.05) is 22.9 Å². The second-order valence-electron chi connectivity index (χ2n) is 2.62. The van der Waals surface area contributed by atoms with E-state index in [9.17, 15) is 0 Å². The van der Waals surface area contributed by atoms with Gasteiger partial charge in [-0.15, -0.1) is 10.2 Å². The Morgan fingerprint density at radius 3 is 2.79 bits per heavy atom. The molecule has 0 aromatic carbocycles. The molecule has 14 heavy (non-hydrogen) atoms. The molecule has 0 amide bonds. The van der Waals surface area contributed by atoms with Crippen molar-refractivity contribution in [3.63, 3.8) is 0 Å². The molecule has 0 spiro atoms. The number of rotatable bonds is 2. The summed E-state index contributed by atoms with van der Waals surface area (Å²) in [7, 11) is 1.92. The van der Waals surface area contributed by atoms with Crippen molar-refractivity contribution >= 4 is 34.7 Å². The first-order chi connectivity index (χ1) is 6.66. The minimum Gasteiger partial charge on any atom is -0.309 e. The van der Waals surface area contributed by atoms with Crippen molar-refractivity contribution in [2.45, 2.75) is 16.4 Å². The van der Waals surface area contributed by atoms with Crippen LogP contribution in [-0.2, 0) is 7.05 Å². The summed E-state index contributed by atoms with van der Waals surface area (Å²) < 4.78 is 3.48. The van der Waals surface area contributed by atoms with Crippen molar-refractivity contribution in [2.24, 2.45) is 7.05 Å². The van der Waals surface area contributed by atoms with Crippen LogP contribution in [0.4, 0.5) is 0 Å². The van der Waals surface area contributed by atoms with Crippen LogP contribution in [0.3, 0.4) is 0 Å². The lowest BCUT2D eigenvalue weighted by Gasteiger charge is -1.96. The molecule has 0 saturated heterocycles. The molecule has 0 aliphatic rings. The summed E-state index contributed by atoms with van der Waals surface area (Å²) in [6.07, 6.45) is 1.64. The highest BCUT2D eigenvalue weighted by Gasteiger charge is 2.09. The fourth-order valence-corrected chi connectivity index (χ4v) is 2.90. The number of nitrogens with zero attached hydrogens (tertiary/aromatic N) is 4. The molecule has 0 N–H and O–H groups in total. The highest BCUT2D eigenvalue weighted by Crippen LogP contribution is 2.31. The van der Waals surface area contributed by atoms with Gasteiger partial charge in [0.2, 0.25) is 0 Å². The van der Waals surface area contributed by atoms with Crippen molar-refractivity contribution in [3.05, 3.63) is 16.4 Å². The molecule has 0 aliphatic carbocycles. The Morgan fingerprint density at radius 1 is 1.50 bits per heavy atom. The Bertz CT molecular complexity index is 450. The first-order valence-corrected chi connectivity index (χ1v) is 5.83. The fourth-order valence-electron chi connectivity index (χ4n) is 0.841. The SMILES string of the molecule is Cc1nnc(Sc2ncc(Cl)s2)n1C. The topological polar surface area (TPSA) is 43.6 Å². The summed E-state index contributed by atoms with van der Waals surface area (Å²) in [4.78, 5) is 4.13. The molecule has 0 bridgehead atoms. The fraction of sp³-hybridized carbons (Fsp3) is 0.286. The molecular formula is C7H7ClN4S2. The first-order valence-electron chi connectivity index (χ1n) is 3.82. The summed E-state index contributed by atoms with van der Waals surface area (Å²) in [5, 5.41) is 8.80. The molecule has 0 aliphatic heterocycles. The van der Waals surface area contributed by atoms with Crippen LogP contribution in [0.25, 0.3) is 0 Å². The maximum atomic E-state index is 5.77. The molecule has 0 saturated carbocycles. The Hall–Kier alpha value is -0.590. The number of thiazole rings is 1. The average molecular weight is 247 g/mol. The third-order valence-corrected chi connectivity index (χ3v) is 3.92. The zero-order valence-electron chi connectivity index (χ0n) is 7.56. The van der Waals surface area contributed by atoms with Gasteiger partial charge >= 0.3 is 0 Å². The molecule has 0 unspecified atom stereocenters. The molecule has 0 atom stereocenters. The Kier molecular flexibility index (Phi) is 2.76. The molecule has 2 heterocycles. The summed E-state index contributed by atoms with van der Waals surface area (Å²) in [5.41, 5.74) is 0. The lowest BCUT2D eigenvalue weighted by Crippen LogP contribution is -1.92. The van der Waals surface area contributed by atoms with Crippen molar-refractivity contribution in [2.75, 3.05) is 0 Å². The third kappa shape index (κ3) is 1.92. The molecule has 4 nitrogen and oxygen atoms in total. The molecule has 0 fully saturated rings. The number of hydrogen-bond donors (Lipinski definition) is 0. The quantitative estimate of drug-likeness (QED) is 0.816. The molecule has 0 radical (unpaired) electrons. The summed E-state index contributed by atoms with van der Waals surface area (Å²) in [5.74, 6) is 0.884. The highest BCUT2D eigenvalue weighted by molar-refractivity contribution is 8.00. The van der Waals surface area contributed by atoms with Crippen LogP contribution in [0, 0.1) is 6.92 Å². The molecule has 2 rings (SSSR count). The molecule has 7 heteroatoms. The second-order valence-corrected chi connectivity index (χ2v) is 5.50. The van der Waals surface area contributed by atoms with Gasteiger partial charge in [-0.2, -0.15) is 0 Å². The van der Waals surface area contributed by atoms with E-state index in [1.807, 2.05) is 18.5 Å². The Morgan fingerprint density at radius 2 is 2.29 bits per heavy atom. The maximum absolute atomic E-state index is 5.77. The van der Waals surface area contributed by atoms with E-state index in [4.69, 9.17) is 11.6 Å². The van der Waals surface area contributed by atoms with Crippen molar-refractivity contribution in [3.8, 4) is 0 Å². The van der Waals surface area contributed by atoms with Crippen molar-refractivity contribution in [1.29, 1.82) is 0 Å². The number of aryl methyl sites for hydroxylation is 1. The van der Waals surface area contributed by atoms with Gasteiger partial charge in [-0.05, 0) is 18.7 Å². The van der Waals surface area contributed by atoms with Gasteiger partial charge in [0.05, 0.1) is 6.20 Å². The zero-order chi connectivity index (χ0) is 10.1. The smallest absolute Gasteiger partial charge is 0.198 e. The van der Waals surface area contributed by atoms with Crippen LogP contribution in [0.1, 0.15) is 5.82 Å². The predicted octanol–water partition coefficient (Wildman–Crippen LogP) is 2.38. The number of hydrogen-bond acceptors (Lipinski definition) is 5. The van der Waals surface area contributed by atoms with Gasteiger partial charge in [0.1, 0.15) is 10.2 Å². The van der Waals surface area contributed by atoms with Crippen LogP contribution in [0.15, 0.2) is 15.7 Å². The molecular weight excluding hydrogens is 240 g/mol. The minimum absolute atomic E-state index is 0.686. The van der Waals surface area contributed by atoms with E-state index in [1.54, 1.807) is 6.20 Å². The lowest BCUT2D eigenvalue weighted by molar-refractivity contribution is 0.765. The number of aromatic nitrogens is 4. The van der Waals surface area contributed by atoms with Crippen molar-refractivity contribution in [1.82, 2.24) is 19.7 Å². The monoisotopic (exact) mass is 246 g/mol. The molecule has 74 valence electrons. The zero-order valence-corrected chi connectivity index (χ0v) is 9.95. The van der Waals surface area contributed by atoms with Crippen LogP contribution in [-0.4, -0.2) is 19.7 Å². The van der Waals surface area contributed by atoms with E-state index in [1.165, 1.54) is 23.1 Å². The van der Waals surface area contributed by atoms with Gasteiger partial charge in [0.25, 0.3) is 0 Å². The van der Waals surface area contributed by atoms with Gasteiger partial charge in [0, 0.05) is 7.05 Å². The van der Waals surface area contributed by atoms with Crippen LogP contribution >= 0.6 is 34.7 Å². The summed E-state index contributed by atoms with van der Waals surface area (Å²) in [6, 6.07) is 0. The minimum atomic E-state index is 0.686. The third-order valence-electron chi connectivity index (χ3n) is 1.69. The van der Waals surface area contributed by atoms with Crippen LogP contribution in [0.2, 0.25) is 4.34 Å². The first kappa shape index (κ1) is 9.95. The van der Waals surface area contributed by atoms with E-state index in [0.717, 1.165) is 15.3 Å². The average Bonchev–Trinajstić information content (AvgIpc) is 2.67. The van der Waals surface area contributed by atoms with E-state index in [2.05, 4.69) is 15.2 Å². The van der Waals surface area contributed by atoms with Crippen LogP contribution in [0.5, 0.6) is 0 Å². The summed E-state index contributed by atoms with van der Waals surface area (Å²) in [6.45, 7) is 1.91. The van der Waals surface area contributed by atoms with Gasteiger partial charge < -0.3 is 4.57 Å². The number of halogens is 1. The molecule has 2 aromatic rings. The van der Waals surface area contributed by atoms with Gasteiger partial charge in [0.15, 0.2) is 9.50 Å². The van der Waals surface area contributed by atoms with E-state index < -0.39 is 0 Å². The standard InChI is InChI=1S/C7H7ClN4S2/c1-4-10-11-6(12(4)2)14-7-9-3-5(8)13-7/h3H,1-2H3.